The lowest BCUT2D eigenvalue weighted by molar-refractivity contribution is -0.114. The zero-order valence-electron chi connectivity index (χ0n) is 13.0. The molecule has 1 saturated carbocycles. The average molecular weight is 309 g/mol. The van der Waals surface area contributed by atoms with Crippen molar-refractivity contribution in [2.75, 3.05) is 5.32 Å². The van der Waals surface area contributed by atoms with Crippen molar-refractivity contribution in [3.05, 3.63) is 59.9 Å². The summed E-state index contributed by atoms with van der Waals surface area (Å²) in [6, 6.07) is 11.2. The summed E-state index contributed by atoms with van der Waals surface area (Å²) in [5, 5.41) is 2.71. The molecule has 118 valence electrons. The van der Waals surface area contributed by atoms with Gasteiger partial charge in [-0.3, -0.25) is 14.6 Å². The molecule has 0 unspecified atom stereocenters. The van der Waals surface area contributed by atoms with Gasteiger partial charge >= 0.3 is 0 Å². The number of pyridine rings is 1. The zero-order valence-corrected chi connectivity index (χ0v) is 13.0. The Morgan fingerprint density at radius 1 is 1.26 bits per heavy atom. The Morgan fingerprint density at radius 2 is 2.09 bits per heavy atom. The summed E-state index contributed by atoms with van der Waals surface area (Å²) < 4.78 is 0. The van der Waals surface area contributed by atoms with Gasteiger partial charge in [-0.15, -0.1) is 0 Å². The number of amides is 2. The molecule has 5 heteroatoms. The highest BCUT2D eigenvalue weighted by molar-refractivity contribution is 5.97. The third-order valence-electron chi connectivity index (χ3n) is 3.75. The fourth-order valence-electron chi connectivity index (χ4n) is 2.54. The lowest BCUT2D eigenvalue weighted by atomic mass is 10.1. The minimum atomic E-state index is -0.149. The second-order valence-electron chi connectivity index (χ2n) is 5.79. The predicted molar refractivity (Wildman–Crippen MR) is 87.9 cm³/mol. The van der Waals surface area contributed by atoms with Crippen LogP contribution >= 0.6 is 0 Å². The molecule has 0 saturated heterocycles. The van der Waals surface area contributed by atoms with Crippen LogP contribution in [0.5, 0.6) is 0 Å². The zero-order chi connectivity index (χ0) is 16.2. The third-order valence-corrected chi connectivity index (χ3v) is 3.75. The highest BCUT2D eigenvalue weighted by atomic mass is 16.2. The molecule has 2 amide bonds. The monoisotopic (exact) mass is 309 g/mol. The highest BCUT2D eigenvalue weighted by Gasteiger charge is 2.33. The van der Waals surface area contributed by atoms with Gasteiger partial charge in [0.05, 0.1) is 0 Å². The van der Waals surface area contributed by atoms with Crippen LogP contribution in [0.1, 0.15) is 35.7 Å². The molecule has 1 N–H and O–H groups in total. The Bertz CT molecular complexity index is 711. The Balaban J connectivity index is 1.80. The summed E-state index contributed by atoms with van der Waals surface area (Å²) in [5.74, 6) is -0.160. The fraction of sp³-hybridized carbons (Fsp3) is 0.278. The van der Waals surface area contributed by atoms with Gasteiger partial charge in [-0.05, 0) is 42.7 Å². The van der Waals surface area contributed by atoms with E-state index >= 15 is 0 Å². The molecular weight excluding hydrogens is 290 g/mol. The van der Waals surface area contributed by atoms with Gasteiger partial charge in [-0.25, -0.2) is 0 Å². The van der Waals surface area contributed by atoms with Gasteiger partial charge in [-0.1, -0.05) is 12.1 Å². The summed E-state index contributed by atoms with van der Waals surface area (Å²) in [5.41, 5.74) is 2.25. The molecule has 0 atom stereocenters. The quantitative estimate of drug-likeness (QED) is 0.924. The molecule has 0 spiro atoms. The van der Waals surface area contributed by atoms with E-state index in [4.69, 9.17) is 0 Å². The summed E-state index contributed by atoms with van der Waals surface area (Å²) in [4.78, 5) is 30.0. The molecule has 1 aromatic carbocycles. The lowest BCUT2D eigenvalue weighted by Gasteiger charge is -2.22. The highest BCUT2D eigenvalue weighted by Crippen LogP contribution is 2.30. The van der Waals surface area contributed by atoms with Crippen LogP contribution in [-0.2, 0) is 11.3 Å². The number of carbonyl (C=O) groups is 2. The smallest absolute Gasteiger partial charge is 0.254 e. The molecule has 2 aromatic rings. The molecule has 0 bridgehead atoms. The van der Waals surface area contributed by atoms with Crippen LogP contribution in [-0.4, -0.2) is 27.7 Å². The van der Waals surface area contributed by atoms with Crippen LogP contribution in [0.25, 0.3) is 0 Å². The maximum absolute atomic E-state index is 12.9. The van der Waals surface area contributed by atoms with E-state index in [0.29, 0.717) is 23.8 Å². The fourth-order valence-corrected chi connectivity index (χ4v) is 2.54. The van der Waals surface area contributed by atoms with Gasteiger partial charge in [0.25, 0.3) is 5.91 Å². The van der Waals surface area contributed by atoms with Crippen LogP contribution in [0.2, 0.25) is 0 Å². The Hall–Kier alpha value is -2.69. The molecule has 0 aliphatic heterocycles. The average Bonchev–Trinajstić information content (AvgIpc) is 3.37. The van der Waals surface area contributed by atoms with E-state index in [-0.39, 0.29) is 11.8 Å². The summed E-state index contributed by atoms with van der Waals surface area (Å²) >= 11 is 0. The number of rotatable bonds is 5. The van der Waals surface area contributed by atoms with Gasteiger partial charge in [-0.2, -0.15) is 0 Å². The van der Waals surface area contributed by atoms with E-state index in [1.165, 1.54) is 6.92 Å². The molecule has 23 heavy (non-hydrogen) atoms. The van der Waals surface area contributed by atoms with E-state index in [1.54, 1.807) is 36.7 Å². The maximum Gasteiger partial charge on any atom is 0.254 e. The van der Waals surface area contributed by atoms with Crippen molar-refractivity contribution in [1.82, 2.24) is 9.88 Å². The third kappa shape index (κ3) is 3.94. The number of aromatic nitrogens is 1. The van der Waals surface area contributed by atoms with Crippen molar-refractivity contribution in [2.45, 2.75) is 32.4 Å². The Labute approximate surface area is 135 Å². The van der Waals surface area contributed by atoms with Crippen LogP contribution < -0.4 is 5.32 Å². The lowest BCUT2D eigenvalue weighted by Crippen LogP contribution is -2.32. The Morgan fingerprint density at radius 3 is 2.74 bits per heavy atom. The number of hydrogen-bond acceptors (Lipinski definition) is 3. The van der Waals surface area contributed by atoms with Crippen LogP contribution in [0, 0.1) is 0 Å². The van der Waals surface area contributed by atoms with Crippen molar-refractivity contribution in [3.63, 3.8) is 0 Å². The molecule has 3 rings (SSSR count). The van der Waals surface area contributed by atoms with Crippen molar-refractivity contribution >= 4 is 17.5 Å². The summed E-state index contributed by atoms with van der Waals surface area (Å²) in [6.07, 6.45) is 5.59. The molecule has 1 aromatic heterocycles. The first-order valence-corrected chi connectivity index (χ1v) is 7.71. The second kappa shape index (κ2) is 6.60. The molecule has 1 fully saturated rings. The SMILES string of the molecule is CC(=O)Nc1cccc(C(=O)N(Cc2cccnc2)C2CC2)c1. The van der Waals surface area contributed by atoms with Crippen LogP contribution in [0.4, 0.5) is 5.69 Å². The first-order chi connectivity index (χ1) is 11.1. The molecule has 1 aliphatic carbocycles. The van der Waals surface area contributed by atoms with Crippen molar-refractivity contribution in [2.24, 2.45) is 0 Å². The van der Waals surface area contributed by atoms with E-state index < -0.39 is 0 Å². The van der Waals surface area contributed by atoms with Gasteiger partial charge < -0.3 is 10.2 Å². The minimum Gasteiger partial charge on any atom is -0.331 e. The van der Waals surface area contributed by atoms with Crippen LogP contribution in [0.15, 0.2) is 48.8 Å². The predicted octanol–water partition coefficient (Wildman–Crippen LogP) is 2.84. The van der Waals surface area contributed by atoms with E-state index in [9.17, 15) is 9.59 Å². The van der Waals surface area contributed by atoms with E-state index in [0.717, 1.165) is 18.4 Å². The molecule has 1 heterocycles. The number of nitrogens with zero attached hydrogens (tertiary/aromatic N) is 2. The van der Waals surface area contributed by atoms with Crippen molar-refractivity contribution < 1.29 is 9.59 Å². The maximum atomic E-state index is 12.9. The normalized spacial score (nSPS) is 13.4. The van der Waals surface area contributed by atoms with E-state index in [1.807, 2.05) is 17.0 Å². The number of benzene rings is 1. The molecule has 1 aliphatic rings. The van der Waals surface area contributed by atoms with Gasteiger partial charge in [0.15, 0.2) is 0 Å². The number of nitrogens with one attached hydrogen (secondary N) is 1. The van der Waals surface area contributed by atoms with E-state index in [2.05, 4.69) is 10.3 Å². The largest absolute Gasteiger partial charge is 0.331 e. The van der Waals surface area contributed by atoms with Gasteiger partial charge in [0.2, 0.25) is 5.91 Å². The van der Waals surface area contributed by atoms with Gasteiger partial charge in [0.1, 0.15) is 0 Å². The first-order valence-electron chi connectivity index (χ1n) is 7.71. The van der Waals surface area contributed by atoms with Crippen LogP contribution in [0.3, 0.4) is 0 Å². The van der Waals surface area contributed by atoms with Gasteiger partial charge in [0, 0.05) is 43.2 Å². The molecule has 5 nitrogen and oxygen atoms in total. The Kier molecular flexibility index (Phi) is 4.37. The van der Waals surface area contributed by atoms with Crippen molar-refractivity contribution in [1.29, 1.82) is 0 Å². The minimum absolute atomic E-state index is 0.0106. The molecular formula is C18H19N3O2. The standard InChI is InChI=1S/C18H19N3O2/c1-13(22)20-16-6-2-5-15(10-16)18(23)21(17-7-8-17)12-14-4-3-9-19-11-14/h2-6,9-11,17H,7-8,12H2,1H3,(H,20,22). The topological polar surface area (TPSA) is 62.3 Å². The second-order valence-corrected chi connectivity index (χ2v) is 5.79. The first kappa shape index (κ1) is 15.2. The number of anilines is 1. The number of carbonyl (C=O) groups excluding carboxylic acids is 2. The summed E-state index contributed by atoms with van der Waals surface area (Å²) in [7, 11) is 0. The summed E-state index contributed by atoms with van der Waals surface area (Å²) in [6.45, 7) is 2.01. The van der Waals surface area contributed by atoms with Crippen molar-refractivity contribution in [3.8, 4) is 0 Å². The molecule has 0 radical (unpaired) electrons. The number of hydrogen-bond donors (Lipinski definition) is 1.